The summed E-state index contributed by atoms with van der Waals surface area (Å²) in [6, 6.07) is 9.19. The lowest BCUT2D eigenvalue weighted by atomic mass is 9.54. The van der Waals surface area contributed by atoms with E-state index in [9.17, 15) is 0 Å². The maximum Gasteiger partial charge on any atom is 0.0145 e. The van der Waals surface area contributed by atoms with E-state index in [1.165, 1.54) is 44.9 Å². The molecule has 0 aliphatic heterocycles. The van der Waals surface area contributed by atoms with Gasteiger partial charge in [-0.05, 0) is 72.8 Å². The molecule has 0 saturated heterocycles. The standard InChI is InChI=1S/C20H24/c1-2-12-20-13-5-8-19(20)18-10-9-15-6-3-4-7-16(15)17(18)11-14-20/h1,3-4,6-7,17-19H,5,8-14H2/t17-,18+,19+,20+/m1/s1. The first kappa shape index (κ1) is 12.5. The van der Waals surface area contributed by atoms with Crippen molar-refractivity contribution in [1.29, 1.82) is 0 Å². The first-order valence-electron chi connectivity index (χ1n) is 8.35. The molecule has 2 saturated carbocycles. The molecule has 3 aliphatic rings. The van der Waals surface area contributed by atoms with E-state index in [1.807, 2.05) is 0 Å². The number of fused-ring (bicyclic) bond motifs is 5. The summed E-state index contributed by atoms with van der Waals surface area (Å²) in [7, 11) is 0. The van der Waals surface area contributed by atoms with Crippen LogP contribution in [0.4, 0.5) is 0 Å². The Balaban J connectivity index is 1.70. The second-order valence-electron chi connectivity index (χ2n) is 7.29. The zero-order chi connectivity index (χ0) is 13.6. The fourth-order valence-corrected chi connectivity index (χ4v) is 5.83. The Morgan fingerprint density at radius 3 is 2.95 bits per heavy atom. The van der Waals surface area contributed by atoms with Crippen molar-refractivity contribution in [3.05, 3.63) is 35.4 Å². The third kappa shape index (κ3) is 1.69. The second-order valence-corrected chi connectivity index (χ2v) is 7.29. The molecule has 0 aromatic heterocycles. The monoisotopic (exact) mass is 264 g/mol. The molecule has 2 fully saturated rings. The number of hydrogen-bond donors (Lipinski definition) is 0. The Labute approximate surface area is 123 Å². The van der Waals surface area contributed by atoms with Gasteiger partial charge < -0.3 is 0 Å². The van der Waals surface area contributed by atoms with Gasteiger partial charge in [0.1, 0.15) is 0 Å². The Morgan fingerprint density at radius 2 is 2.05 bits per heavy atom. The van der Waals surface area contributed by atoms with Crippen molar-refractivity contribution in [2.45, 2.75) is 57.3 Å². The summed E-state index contributed by atoms with van der Waals surface area (Å²) in [5.74, 6) is 5.66. The Bertz CT molecular complexity index is 549. The van der Waals surface area contributed by atoms with E-state index < -0.39 is 0 Å². The molecule has 0 N–H and O–H groups in total. The summed E-state index contributed by atoms with van der Waals surface area (Å²) >= 11 is 0. The van der Waals surface area contributed by atoms with Crippen LogP contribution in [0.1, 0.15) is 62.0 Å². The van der Waals surface area contributed by atoms with Crippen LogP contribution in [-0.4, -0.2) is 0 Å². The van der Waals surface area contributed by atoms with Gasteiger partial charge >= 0.3 is 0 Å². The Kier molecular flexibility index (Phi) is 2.92. The van der Waals surface area contributed by atoms with Gasteiger partial charge in [0.25, 0.3) is 0 Å². The van der Waals surface area contributed by atoms with Crippen molar-refractivity contribution in [3.63, 3.8) is 0 Å². The van der Waals surface area contributed by atoms with E-state index in [2.05, 4.69) is 30.2 Å². The fourth-order valence-electron chi connectivity index (χ4n) is 5.83. The van der Waals surface area contributed by atoms with Crippen LogP contribution < -0.4 is 0 Å². The van der Waals surface area contributed by atoms with E-state index in [4.69, 9.17) is 6.42 Å². The van der Waals surface area contributed by atoms with Gasteiger partial charge in [-0.15, -0.1) is 12.3 Å². The van der Waals surface area contributed by atoms with Crippen molar-refractivity contribution in [2.24, 2.45) is 17.3 Å². The van der Waals surface area contributed by atoms with Gasteiger partial charge in [-0.3, -0.25) is 0 Å². The Hall–Kier alpha value is -1.22. The molecule has 0 bridgehead atoms. The highest BCUT2D eigenvalue weighted by Gasteiger charge is 2.52. The van der Waals surface area contributed by atoms with E-state index >= 15 is 0 Å². The number of benzene rings is 1. The average Bonchev–Trinajstić information content (AvgIpc) is 2.91. The van der Waals surface area contributed by atoms with Crippen LogP contribution in [0.2, 0.25) is 0 Å². The number of terminal acetylenes is 1. The van der Waals surface area contributed by atoms with Crippen molar-refractivity contribution >= 4 is 0 Å². The molecule has 104 valence electrons. The van der Waals surface area contributed by atoms with E-state index in [0.29, 0.717) is 5.41 Å². The number of aryl methyl sites for hydroxylation is 1. The lowest BCUT2D eigenvalue weighted by molar-refractivity contribution is 0.0483. The smallest absolute Gasteiger partial charge is 0.0145 e. The van der Waals surface area contributed by atoms with E-state index in [1.54, 1.807) is 11.1 Å². The molecule has 4 atom stereocenters. The summed E-state index contributed by atoms with van der Waals surface area (Å²) in [6.07, 6.45) is 16.4. The molecule has 0 radical (unpaired) electrons. The molecule has 0 heterocycles. The topological polar surface area (TPSA) is 0 Å². The van der Waals surface area contributed by atoms with Crippen molar-refractivity contribution < 1.29 is 0 Å². The van der Waals surface area contributed by atoms with Gasteiger partial charge in [-0.25, -0.2) is 0 Å². The van der Waals surface area contributed by atoms with Crippen LogP contribution in [-0.2, 0) is 6.42 Å². The van der Waals surface area contributed by atoms with E-state index in [-0.39, 0.29) is 0 Å². The predicted octanol–water partition coefficient (Wildman–Crippen LogP) is 4.94. The molecule has 3 aliphatic carbocycles. The molecule has 20 heavy (non-hydrogen) atoms. The molecule has 0 spiro atoms. The van der Waals surface area contributed by atoms with Crippen LogP contribution in [0.15, 0.2) is 24.3 Å². The summed E-state index contributed by atoms with van der Waals surface area (Å²) in [4.78, 5) is 0. The minimum Gasteiger partial charge on any atom is -0.120 e. The lowest BCUT2D eigenvalue weighted by Crippen LogP contribution is -2.41. The second kappa shape index (κ2) is 4.66. The molecule has 0 amide bonds. The van der Waals surface area contributed by atoms with Crippen LogP contribution in [0, 0.1) is 29.6 Å². The maximum absolute atomic E-state index is 5.70. The van der Waals surface area contributed by atoms with Gasteiger partial charge in [0.2, 0.25) is 0 Å². The quantitative estimate of drug-likeness (QED) is 0.630. The van der Waals surface area contributed by atoms with Gasteiger partial charge in [0.05, 0.1) is 0 Å². The molecular formula is C20H24. The van der Waals surface area contributed by atoms with Crippen LogP contribution in [0.25, 0.3) is 0 Å². The highest BCUT2D eigenvalue weighted by atomic mass is 14.6. The highest BCUT2D eigenvalue weighted by molar-refractivity contribution is 5.34. The van der Waals surface area contributed by atoms with Gasteiger partial charge in [-0.1, -0.05) is 30.7 Å². The van der Waals surface area contributed by atoms with Crippen LogP contribution in [0.3, 0.4) is 0 Å². The summed E-state index contributed by atoms with van der Waals surface area (Å²) in [6.45, 7) is 0. The number of hydrogen-bond acceptors (Lipinski definition) is 0. The molecule has 0 nitrogen and oxygen atoms in total. The third-order valence-corrected chi connectivity index (χ3v) is 6.62. The average molecular weight is 264 g/mol. The van der Waals surface area contributed by atoms with Gasteiger partial charge in [0.15, 0.2) is 0 Å². The zero-order valence-corrected chi connectivity index (χ0v) is 12.3. The van der Waals surface area contributed by atoms with Crippen LogP contribution >= 0.6 is 0 Å². The van der Waals surface area contributed by atoms with Gasteiger partial charge in [0, 0.05) is 6.42 Å². The molecular weight excluding hydrogens is 240 g/mol. The molecule has 1 aromatic carbocycles. The highest BCUT2D eigenvalue weighted by Crippen LogP contribution is 2.62. The minimum absolute atomic E-state index is 0.516. The maximum atomic E-state index is 5.70. The summed E-state index contributed by atoms with van der Waals surface area (Å²) in [5, 5.41) is 0. The summed E-state index contributed by atoms with van der Waals surface area (Å²) in [5.41, 5.74) is 3.81. The SMILES string of the molecule is C#CC[C@@]12CCC[C@H]1[C@H]1CCc3ccccc3[C@H]1CC2. The van der Waals surface area contributed by atoms with E-state index in [0.717, 1.165) is 24.2 Å². The Morgan fingerprint density at radius 1 is 1.15 bits per heavy atom. The largest absolute Gasteiger partial charge is 0.120 e. The molecule has 1 aromatic rings. The first-order chi connectivity index (χ1) is 9.84. The van der Waals surface area contributed by atoms with Crippen molar-refractivity contribution in [2.75, 3.05) is 0 Å². The minimum atomic E-state index is 0.516. The third-order valence-electron chi connectivity index (χ3n) is 6.62. The predicted molar refractivity (Wildman–Crippen MR) is 83.5 cm³/mol. The summed E-state index contributed by atoms with van der Waals surface area (Å²) < 4.78 is 0. The molecule has 0 unspecified atom stereocenters. The molecule has 0 heteroatoms. The fraction of sp³-hybridized carbons (Fsp3) is 0.600. The van der Waals surface area contributed by atoms with Gasteiger partial charge in [-0.2, -0.15) is 0 Å². The molecule has 4 rings (SSSR count). The van der Waals surface area contributed by atoms with Crippen molar-refractivity contribution in [1.82, 2.24) is 0 Å². The van der Waals surface area contributed by atoms with Crippen LogP contribution in [0.5, 0.6) is 0 Å². The zero-order valence-electron chi connectivity index (χ0n) is 12.3. The lowest BCUT2D eigenvalue weighted by Gasteiger charge is -2.50. The number of rotatable bonds is 1. The first-order valence-corrected chi connectivity index (χ1v) is 8.35. The normalized spacial score (nSPS) is 38.5. The van der Waals surface area contributed by atoms with Crippen molar-refractivity contribution in [3.8, 4) is 12.3 Å².